The number of aromatic nitrogens is 4. The van der Waals surface area contributed by atoms with E-state index in [0.717, 1.165) is 57.6 Å². The van der Waals surface area contributed by atoms with E-state index in [1.807, 2.05) is 12.1 Å². The third-order valence-electron chi connectivity index (χ3n) is 8.55. The summed E-state index contributed by atoms with van der Waals surface area (Å²) in [6.45, 7) is 6.46. The Labute approximate surface area is 221 Å². The van der Waals surface area contributed by atoms with Crippen LogP contribution in [0.1, 0.15) is 73.0 Å². The Kier molecular flexibility index (Phi) is 6.49. The van der Waals surface area contributed by atoms with Gasteiger partial charge in [0.25, 0.3) is 5.56 Å². The van der Waals surface area contributed by atoms with Gasteiger partial charge in [-0.2, -0.15) is 4.98 Å². The Balaban J connectivity index is 1.26. The number of nitrogens with zero attached hydrogens (tertiary/aromatic N) is 5. The third kappa shape index (κ3) is 4.40. The number of aryl methyl sites for hydroxylation is 1. The molecule has 0 spiro atoms. The zero-order valence-electron chi connectivity index (χ0n) is 21.9. The smallest absolute Gasteiger partial charge is 0.263 e. The highest BCUT2D eigenvalue weighted by Gasteiger charge is 2.38. The van der Waals surface area contributed by atoms with E-state index >= 15 is 0 Å². The second-order valence-corrected chi connectivity index (χ2v) is 10.9. The third-order valence-corrected chi connectivity index (χ3v) is 8.55. The molecule has 2 N–H and O–H groups in total. The highest BCUT2D eigenvalue weighted by atomic mass is 16.5. The lowest BCUT2D eigenvalue weighted by Crippen LogP contribution is -2.54. The molecule has 38 heavy (non-hydrogen) atoms. The number of ketones is 1. The van der Waals surface area contributed by atoms with Gasteiger partial charge in [0.05, 0.1) is 30.4 Å². The molecule has 3 aromatic heterocycles. The fraction of sp³-hybridized carbons (Fsp3) is 0.536. The van der Waals surface area contributed by atoms with Gasteiger partial charge in [0.15, 0.2) is 5.78 Å². The number of ether oxygens (including phenoxy) is 1. The Bertz CT molecular complexity index is 1420. The molecule has 0 bridgehead atoms. The molecule has 0 amide bonds. The van der Waals surface area contributed by atoms with Crippen LogP contribution in [0.25, 0.3) is 11.0 Å². The van der Waals surface area contributed by atoms with Crippen molar-refractivity contribution >= 4 is 28.6 Å². The summed E-state index contributed by atoms with van der Waals surface area (Å²) in [5.41, 5.74) is 1.01. The monoisotopic (exact) mass is 518 g/mol. The number of fused-ring (bicyclic) bond motifs is 1. The minimum atomic E-state index is -0.893. The van der Waals surface area contributed by atoms with Gasteiger partial charge < -0.3 is 15.2 Å². The van der Waals surface area contributed by atoms with Crippen molar-refractivity contribution in [3.05, 3.63) is 51.6 Å². The van der Waals surface area contributed by atoms with Crippen LogP contribution in [-0.2, 0) is 10.3 Å². The Morgan fingerprint density at radius 1 is 1.11 bits per heavy atom. The molecule has 5 heterocycles. The van der Waals surface area contributed by atoms with Crippen LogP contribution in [0.5, 0.6) is 0 Å². The molecule has 0 atom stereocenters. The first-order valence-corrected chi connectivity index (χ1v) is 13.5. The topological polar surface area (TPSA) is 122 Å². The lowest BCUT2D eigenvalue weighted by Gasteiger charge is -2.44. The average molecular weight is 519 g/mol. The van der Waals surface area contributed by atoms with Crippen molar-refractivity contribution in [1.29, 1.82) is 0 Å². The molecule has 1 aliphatic carbocycles. The highest BCUT2D eigenvalue weighted by molar-refractivity contribution is 5.99. The van der Waals surface area contributed by atoms with E-state index in [0.29, 0.717) is 47.2 Å². The fourth-order valence-electron chi connectivity index (χ4n) is 6.15. The van der Waals surface area contributed by atoms with E-state index < -0.39 is 5.60 Å². The summed E-state index contributed by atoms with van der Waals surface area (Å²) in [7, 11) is 0. The Hall–Kier alpha value is -3.21. The van der Waals surface area contributed by atoms with Gasteiger partial charge in [-0.05, 0) is 51.2 Å². The molecule has 2 aliphatic heterocycles. The summed E-state index contributed by atoms with van der Waals surface area (Å²) in [6, 6.07) is 4.22. The average Bonchev–Trinajstić information content (AvgIpc) is 3.39. The predicted octanol–water partition coefficient (Wildman–Crippen LogP) is 3.24. The number of carbonyl (C=O) groups is 1. The summed E-state index contributed by atoms with van der Waals surface area (Å²) < 4.78 is 7.01. The van der Waals surface area contributed by atoms with Crippen molar-refractivity contribution in [2.75, 3.05) is 31.6 Å². The normalized spacial score (nSPS) is 20.5. The summed E-state index contributed by atoms with van der Waals surface area (Å²) in [4.78, 5) is 41.9. The van der Waals surface area contributed by atoms with Crippen molar-refractivity contribution < 1.29 is 14.6 Å². The number of anilines is 2. The molecule has 2 saturated heterocycles. The Morgan fingerprint density at radius 3 is 2.45 bits per heavy atom. The van der Waals surface area contributed by atoms with Crippen molar-refractivity contribution in [2.24, 2.45) is 0 Å². The molecule has 10 nitrogen and oxygen atoms in total. The van der Waals surface area contributed by atoms with Gasteiger partial charge in [0.1, 0.15) is 11.5 Å². The number of rotatable bonds is 6. The molecule has 3 aromatic rings. The molecular formula is C28H34N6O4. The number of hydrogen-bond donors (Lipinski definition) is 2. The number of piperidine rings is 1. The van der Waals surface area contributed by atoms with Crippen molar-refractivity contribution in [2.45, 2.75) is 70.1 Å². The molecule has 200 valence electrons. The number of carbonyl (C=O) groups excluding carboxylic acids is 1. The number of aliphatic hydroxyl groups is 1. The van der Waals surface area contributed by atoms with E-state index in [9.17, 15) is 14.7 Å². The van der Waals surface area contributed by atoms with Gasteiger partial charge in [-0.3, -0.25) is 19.1 Å². The second kappa shape index (κ2) is 9.83. The summed E-state index contributed by atoms with van der Waals surface area (Å²) >= 11 is 0. The molecule has 6 rings (SSSR count). The van der Waals surface area contributed by atoms with Crippen LogP contribution in [0.4, 0.5) is 11.8 Å². The van der Waals surface area contributed by atoms with E-state index in [1.54, 1.807) is 23.9 Å². The van der Waals surface area contributed by atoms with Crippen LogP contribution >= 0.6 is 0 Å². The van der Waals surface area contributed by atoms with Gasteiger partial charge in [0.2, 0.25) is 5.95 Å². The van der Waals surface area contributed by atoms with Gasteiger partial charge in [-0.1, -0.05) is 18.9 Å². The molecule has 0 radical (unpaired) electrons. The number of likely N-dealkylation sites (tertiary alicyclic amines) is 1. The fourth-order valence-corrected chi connectivity index (χ4v) is 6.15. The van der Waals surface area contributed by atoms with Gasteiger partial charge in [0, 0.05) is 42.5 Å². The standard InChI is InChI=1S/C28H34N6O4/c1-17-22-14-30-27(32-25(22)34(20-5-3-4-6-20)26(36)24(17)18(2)35)31-23-8-7-19(13-29-23)28(37)9-11-33(12-10-28)21-15-38-16-21/h7-8,13-14,20-21,37H,3-6,9-12,15-16H2,1-2H3,(H,29,30,31,32). The van der Waals surface area contributed by atoms with E-state index in [1.165, 1.54) is 6.92 Å². The van der Waals surface area contributed by atoms with Gasteiger partial charge in [-0.15, -0.1) is 0 Å². The highest BCUT2D eigenvalue weighted by Crippen LogP contribution is 2.35. The van der Waals surface area contributed by atoms with Crippen molar-refractivity contribution in [1.82, 2.24) is 24.4 Å². The number of nitrogens with one attached hydrogen (secondary N) is 1. The summed E-state index contributed by atoms with van der Waals surface area (Å²) in [6.07, 6.45) is 8.58. The van der Waals surface area contributed by atoms with Gasteiger partial charge in [-0.25, -0.2) is 9.97 Å². The molecule has 3 aliphatic rings. The maximum Gasteiger partial charge on any atom is 0.263 e. The molecule has 10 heteroatoms. The van der Waals surface area contributed by atoms with Crippen LogP contribution < -0.4 is 10.9 Å². The number of pyridine rings is 2. The maximum atomic E-state index is 13.4. The van der Waals surface area contributed by atoms with Crippen LogP contribution in [0, 0.1) is 6.92 Å². The predicted molar refractivity (Wildman–Crippen MR) is 143 cm³/mol. The van der Waals surface area contributed by atoms with Crippen LogP contribution in [0.2, 0.25) is 0 Å². The quantitative estimate of drug-likeness (QED) is 0.474. The van der Waals surface area contributed by atoms with Crippen molar-refractivity contribution in [3.63, 3.8) is 0 Å². The minimum absolute atomic E-state index is 0.0211. The lowest BCUT2D eigenvalue weighted by molar-refractivity contribution is -0.101. The SMILES string of the molecule is CC(=O)c1c(C)c2cnc(Nc3ccc(C4(O)CCN(C5COC5)CC4)cn3)nc2n(C2CCCC2)c1=O. The first-order valence-electron chi connectivity index (χ1n) is 13.5. The molecule has 1 saturated carbocycles. The van der Waals surface area contributed by atoms with Crippen LogP contribution in [-0.4, -0.2) is 67.7 Å². The lowest BCUT2D eigenvalue weighted by atomic mass is 9.84. The first kappa shape index (κ1) is 25.1. The van der Waals surface area contributed by atoms with Crippen LogP contribution in [0.3, 0.4) is 0 Å². The summed E-state index contributed by atoms with van der Waals surface area (Å²) in [5.74, 6) is 0.637. The zero-order chi connectivity index (χ0) is 26.4. The maximum absolute atomic E-state index is 13.4. The zero-order valence-corrected chi connectivity index (χ0v) is 21.9. The minimum Gasteiger partial charge on any atom is -0.385 e. The number of Topliss-reactive ketones (excluding diaryl/α,β-unsaturated/α-hetero) is 1. The first-order chi connectivity index (χ1) is 18.3. The Morgan fingerprint density at radius 2 is 1.84 bits per heavy atom. The molecular weight excluding hydrogens is 484 g/mol. The van der Waals surface area contributed by atoms with E-state index in [4.69, 9.17) is 9.72 Å². The molecule has 0 unspecified atom stereocenters. The summed E-state index contributed by atoms with van der Waals surface area (Å²) in [5, 5.41) is 15.1. The van der Waals surface area contributed by atoms with Gasteiger partial charge >= 0.3 is 0 Å². The van der Waals surface area contributed by atoms with E-state index in [-0.39, 0.29) is 22.9 Å². The molecule has 3 fully saturated rings. The second-order valence-electron chi connectivity index (χ2n) is 10.9. The van der Waals surface area contributed by atoms with Crippen LogP contribution in [0.15, 0.2) is 29.3 Å². The van der Waals surface area contributed by atoms with E-state index in [2.05, 4.69) is 20.2 Å². The number of hydrogen-bond acceptors (Lipinski definition) is 9. The molecule has 0 aromatic carbocycles. The largest absolute Gasteiger partial charge is 0.385 e. The van der Waals surface area contributed by atoms with Crippen molar-refractivity contribution in [3.8, 4) is 0 Å².